The van der Waals surface area contributed by atoms with Crippen LogP contribution in [-0.2, 0) is 13.5 Å². The molecule has 3 aliphatic carbocycles. The smallest absolute Gasteiger partial charge is 0.176 e. The Morgan fingerprint density at radius 1 is 1.32 bits per heavy atom. The molecule has 1 aromatic heterocycles. The number of aromatic nitrogens is 4. The first kappa shape index (κ1) is 11.8. The first-order chi connectivity index (χ1) is 9.28. The minimum Gasteiger partial charge on any atom is -0.314 e. The highest BCUT2D eigenvalue weighted by Crippen LogP contribution is 2.70. The molecule has 0 radical (unpaired) electrons. The number of fused-ring (bicyclic) bond motifs is 5. The zero-order valence-electron chi connectivity index (χ0n) is 11.8. The molecule has 0 spiro atoms. The normalized spacial score (nSPS) is 40.4. The third-order valence-corrected chi connectivity index (χ3v) is 5.68. The van der Waals surface area contributed by atoms with Gasteiger partial charge < -0.3 is 5.32 Å². The summed E-state index contributed by atoms with van der Waals surface area (Å²) in [6, 6.07) is 0.563. The van der Waals surface area contributed by atoms with E-state index in [1.807, 2.05) is 7.05 Å². The van der Waals surface area contributed by atoms with Crippen LogP contribution in [0.3, 0.4) is 0 Å². The van der Waals surface area contributed by atoms with E-state index in [2.05, 4.69) is 27.7 Å². The van der Waals surface area contributed by atoms with Crippen molar-refractivity contribution in [1.82, 2.24) is 25.5 Å². The maximum absolute atomic E-state index is 4.34. The summed E-state index contributed by atoms with van der Waals surface area (Å²) in [5.74, 6) is 5.88. The van der Waals surface area contributed by atoms with Gasteiger partial charge in [-0.2, -0.15) is 4.80 Å². The van der Waals surface area contributed by atoms with Gasteiger partial charge in [0.05, 0.1) is 7.05 Å². The van der Waals surface area contributed by atoms with Crippen LogP contribution >= 0.6 is 0 Å². The molecule has 1 heterocycles. The lowest BCUT2D eigenvalue weighted by molar-refractivity contribution is 0.362. The molecule has 0 aliphatic heterocycles. The number of nitrogens with one attached hydrogen (secondary N) is 1. The fourth-order valence-corrected chi connectivity index (χ4v) is 5.14. The molecule has 5 heteroatoms. The molecule has 0 amide bonds. The van der Waals surface area contributed by atoms with Gasteiger partial charge in [0.1, 0.15) is 0 Å². The molecule has 0 aromatic carbocycles. The lowest BCUT2D eigenvalue weighted by Gasteiger charge is -2.20. The Morgan fingerprint density at radius 2 is 2.05 bits per heavy atom. The first-order valence-electron chi connectivity index (χ1n) is 7.74. The fraction of sp³-hybridized carbons (Fsp3) is 0.929. The van der Waals surface area contributed by atoms with Gasteiger partial charge in [0.15, 0.2) is 5.82 Å². The average molecular weight is 261 g/mol. The zero-order chi connectivity index (χ0) is 13.0. The van der Waals surface area contributed by atoms with Crippen LogP contribution in [0.4, 0.5) is 0 Å². The van der Waals surface area contributed by atoms with Gasteiger partial charge in [0, 0.05) is 12.5 Å². The maximum atomic E-state index is 4.34. The number of rotatable bonds is 5. The predicted octanol–water partition coefficient (Wildman–Crippen LogP) is 1.02. The predicted molar refractivity (Wildman–Crippen MR) is 71.3 cm³/mol. The molecule has 5 atom stereocenters. The minimum atomic E-state index is 0.563. The van der Waals surface area contributed by atoms with Gasteiger partial charge in [-0.25, -0.2) is 0 Å². The summed E-state index contributed by atoms with van der Waals surface area (Å²) in [5, 5.41) is 16.1. The minimum absolute atomic E-state index is 0.563. The van der Waals surface area contributed by atoms with Crippen LogP contribution < -0.4 is 5.32 Å². The van der Waals surface area contributed by atoms with Gasteiger partial charge >= 0.3 is 0 Å². The van der Waals surface area contributed by atoms with Crippen molar-refractivity contribution in [3.8, 4) is 0 Å². The third-order valence-electron chi connectivity index (χ3n) is 5.68. The van der Waals surface area contributed by atoms with Crippen LogP contribution in [0.15, 0.2) is 0 Å². The van der Waals surface area contributed by atoms with Gasteiger partial charge in [-0.1, -0.05) is 6.92 Å². The van der Waals surface area contributed by atoms with Crippen molar-refractivity contribution < 1.29 is 0 Å². The Hall–Kier alpha value is -0.970. The Kier molecular flexibility index (Phi) is 2.65. The van der Waals surface area contributed by atoms with Gasteiger partial charge in [-0.15, -0.1) is 10.2 Å². The van der Waals surface area contributed by atoms with Crippen LogP contribution in [0.5, 0.6) is 0 Å². The highest BCUT2D eigenvalue weighted by atomic mass is 15.6. The molecule has 3 fully saturated rings. The summed E-state index contributed by atoms with van der Waals surface area (Å²) in [6.45, 7) is 3.24. The quantitative estimate of drug-likeness (QED) is 0.860. The molecule has 19 heavy (non-hydrogen) atoms. The van der Waals surface area contributed by atoms with Crippen LogP contribution in [0.2, 0.25) is 0 Å². The summed E-state index contributed by atoms with van der Waals surface area (Å²) in [6.07, 6.45) is 5.45. The molecular weight excluding hydrogens is 238 g/mol. The summed E-state index contributed by atoms with van der Waals surface area (Å²) >= 11 is 0. The van der Waals surface area contributed by atoms with Crippen molar-refractivity contribution in [2.24, 2.45) is 36.6 Å². The lowest BCUT2D eigenvalue weighted by Crippen LogP contribution is -2.35. The molecular formula is C14H23N5. The Labute approximate surface area is 114 Å². The maximum Gasteiger partial charge on any atom is 0.176 e. The molecule has 1 aromatic rings. The lowest BCUT2D eigenvalue weighted by atomic mass is 9.95. The van der Waals surface area contributed by atoms with Crippen LogP contribution in [0.1, 0.15) is 32.0 Å². The molecule has 5 unspecified atom stereocenters. The van der Waals surface area contributed by atoms with E-state index in [9.17, 15) is 0 Å². The first-order valence-corrected chi connectivity index (χ1v) is 7.74. The average Bonchev–Trinajstić information content (AvgIpc) is 2.74. The Balaban J connectivity index is 1.47. The second-order valence-corrected chi connectivity index (χ2v) is 6.63. The van der Waals surface area contributed by atoms with Crippen LogP contribution in [0, 0.1) is 29.6 Å². The van der Waals surface area contributed by atoms with E-state index < -0.39 is 0 Å². The monoisotopic (exact) mass is 261 g/mol. The van der Waals surface area contributed by atoms with E-state index >= 15 is 0 Å². The molecule has 2 bridgehead atoms. The van der Waals surface area contributed by atoms with Crippen molar-refractivity contribution in [3.05, 3.63) is 5.82 Å². The van der Waals surface area contributed by atoms with E-state index in [-0.39, 0.29) is 0 Å². The molecule has 104 valence electrons. The zero-order valence-corrected chi connectivity index (χ0v) is 11.8. The van der Waals surface area contributed by atoms with E-state index in [1.165, 1.54) is 19.3 Å². The number of aryl methyl sites for hydroxylation is 1. The van der Waals surface area contributed by atoms with Crippen LogP contribution in [-0.4, -0.2) is 32.8 Å². The molecule has 3 saturated carbocycles. The van der Waals surface area contributed by atoms with Crippen molar-refractivity contribution >= 4 is 0 Å². The summed E-state index contributed by atoms with van der Waals surface area (Å²) in [4.78, 5) is 1.57. The Morgan fingerprint density at radius 3 is 2.63 bits per heavy atom. The van der Waals surface area contributed by atoms with Crippen molar-refractivity contribution in [2.45, 2.75) is 38.6 Å². The summed E-state index contributed by atoms with van der Waals surface area (Å²) in [5.41, 5.74) is 0. The summed E-state index contributed by atoms with van der Waals surface area (Å²) in [7, 11) is 1.84. The van der Waals surface area contributed by atoms with E-state index in [1.54, 1.807) is 4.80 Å². The number of tetrazole rings is 1. The Bertz CT molecular complexity index is 454. The second-order valence-electron chi connectivity index (χ2n) is 6.63. The number of hydrogen-bond donors (Lipinski definition) is 1. The van der Waals surface area contributed by atoms with Crippen molar-refractivity contribution in [1.29, 1.82) is 0 Å². The number of hydrogen-bond acceptors (Lipinski definition) is 4. The van der Waals surface area contributed by atoms with E-state index in [0.29, 0.717) is 6.04 Å². The van der Waals surface area contributed by atoms with Gasteiger partial charge in [-0.05, 0) is 60.6 Å². The molecule has 0 saturated heterocycles. The largest absolute Gasteiger partial charge is 0.314 e. The van der Waals surface area contributed by atoms with Gasteiger partial charge in [0.2, 0.25) is 0 Å². The van der Waals surface area contributed by atoms with Gasteiger partial charge in [0.25, 0.3) is 0 Å². The van der Waals surface area contributed by atoms with Crippen molar-refractivity contribution in [2.75, 3.05) is 6.54 Å². The topological polar surface area (TPSA) is 55.6 Å². The van der Waals surface area contributed by atoms with Gasteiger partial charge in [-0.3, -0.25) is 0 Å². The SMILES string of the molecule is CCNC(Cc1nnn(C)n1)C1C2C3CCC(C3)C21. The standard InChI is InChI=1S/C14H23N5/c1-3-15-10(7-11-16-18-19(2)17-11)14-12-8-4-5-9(6-8)13(12)14/h8-10,12-15H,3-7H2,1-2H3. The van der Waals surface area contributed by atoms with Crippen LogP contribution in [0.25, 0.3) is 0 Å². The van der Waals surface area contributed by atoms with E-state index in [0.717, 1.165) is 48.4 Å². The molecule has 4 rings (SSSR count). The van der Waals surface area contributed by atoms with Crippen molar-refractivity contribution in [3.63, 3.8) is 0 Å². The second kappa shape index (κ2) is 4.27. The highest BCUT2D eigenvalue weighted by Gasteiger charge is 2.66. The molecule has 3 aliphatic rings. The summed E-state index contributed by atoms with van der Waals surface area (Å²) < 4.78 is 0. The fourth-order valence-electron chi connectivity index (χ4n) is 5.14. The number of nitrogens with zero attached hydrogens (tertiary/aromatic N) is 4. The van der Waals surface area contributed by atoms with E-state index in [4.69, 9.17) is 0 Å². The number of likely N-dealkylation sites (N-methyl/N-ethyl adjacent to an activating group) is 1. The molecule has 5 nitrogen and oxygen atoms in total. The highest BCUT2D eigenvalue weighted by molar-refractivity contribution is 5.16. The molecule has 1 N–H and O–H groups in total. The third kappa shape index (κ3) is 1.82.